The van der Waals surface area contributed by atoms with Crippen molar-refractivity contribution >= 4 is 29.2 Å². The second-order valence-electron chi connectivity index (χ2n) is 2.34. The third-order valence-corrected chi connectivity index (χ3v) is 1.13. The van der Waals surface area contributed by atoms with E-state index in [1.54, 1.807) is 19.1 Å². The Morgan fingerprint density at radius 2 is 1.79 bits per heavy atom. The molecular weight excluding hydrogens is 227 g/mol. The smallest absolute Gasteiger partial charge is 0.339 e. The normalized spacial score (nSPS) is 9.14. The van der Waals surface area contributed by atoms with Gasteiger partial charge in [0.05, 0.1) is 0 Å². The molecule has 0 fully saturated rings. The molecule has 14 heavy (non-hydrogen) atoms. The Labute approximate surface area is 91.9 Å². The number of aromatic hydroxyl groups is 1. The van der Waals surface area contributed by atoms with Gasteiger partial charge in [-0.2, -0.15) is 0 Å². The Balaban J connectivity index is 0.000000364. The molecule has 0 bridgehead atoms. The van der Waals surface area contributed by atoms with Gasteiger partial charge in [0, 0.05) is 0 Å². The van der Waals surface area contributed by atoms with E-state index in [9.17, 15) is 4.79 Å². The zero-order valence-corrected chi connectivity index (χ0v) is 8.96. The standard InChI is InChI=1S/C7H6O3.C2H4Cl2/c8-6-4-2-1-3-5(6)7(9)10;1-2(3)4/h1-4,8H,(H,9,10);2H,1H3. The SMILES string of the molecule is CC(Cl)Cl.O=C(O)c1ccccc1O. The number of halogens is 2. The van der Waals surface area contributed by atoms with Crippen LogP contribution in [0.4, 0.5) is 0 Å². The Bertz CT molecular complexity index is 297. The largest absolute Gasteiger partial charge is 0.507 e. The maximum absolute atomic E-state index is 10.3. The van der Waals surface area contributed by atoms with Gasteiger partial charge in [-0.1, -0.05) is 12.1 Å². The number of hydrogen-bond donors (Lipinski definition) is 2. The minimum atomic E-state index is -1.11. The molecule has 0 unspecified atom stereocenters. The maximum atomic E-state index is 10.3. The molecule has 2 N–H and O–H groups in total. The highest BCUT2D eigenvalue weighted by molar-refractivity contribution is 6.43. The minimum Gasteiger partial charge on any atom is -0.507 e. The molecule has 0 spiro atoms. The Hall–Kier alpha value is -0.930. The second-order valence-corrected chi connectivity index (χ2v) is 3.87. The molecule has 0 aliphatic rings. The van der Waals surface area contributed by atoms with Crippen LogP contribution in [-0.4, -0.2) is 21.0 Å². The summed E-state index contributed by atoms with van der Waals surface area (Å²) in [5, 5.41) is 17.3. The van der Waals surface area contributed by atoms with Gasteiger partial charge in [0.25, 0.3) is 0 Å². The van der Waals surface area contributed by atoms with Crippen LogP contribution in [0, 0.1) is 0 Å². The molecule has 0 aliphatic heterocycles. The van der Waals surface area contributed by atoms with Gasteiger partial charge < -0.3 is 10.2 Å². The second kappa shape index (κ2) is 6.51. The Kier molecular flexibility index (Phi) is 6.08. The van der Waals surface area contributed by atoms with Gasteiger partial charge in [0.2, 0.25) is 0 Å². The van der Waals surface area contributed by atoms with E-state index in [0.717, 1.165) is 0 Å². The van der Waals surface area contributed by atoms with Gasteiger partial charge in [0.1, 0.15) is 16.1 Å². The van der Waals surface area contributed by atoms with Crippen molar-refractivity contribution in [3.05, 3.63) is 29.8 Å². The van der Waals surface area contributed by atoms with E-state index in [2.05, 4.69) is 0 Å². The number of carboxylic acids is 1. The molecule has 1 rings (SSSR count). The molecule has 78 valence electrons. The minimum absolute atomic E-state index is 0.0671. The lowest BCUT2D eigenvalue weighted by Crippen LogP contribution is -1.95. The maximum Gasteiger partial charge on any atom is 0.339 e. The third-order valence-electron chi connectivity index (χ3n) is 1.13. The summed E-state index contributed by atoms with van der Waals surface area (Å²) in [7, 11) is 0. The van der Waals surface area contributed by atoms with E-state index in [1.165, 1.54) is 12.1 Å². The van der Waals surface area contributed by atoms with Crippen molar-refractivity contribution in [1.82, 2.24) is 0 Å². The van der Waals surface area contributed by atoms with Crippen LogP contribution in [0.1, 0.15) is 17.3 Å². The van der Waals surface area contributed by atoms with Gasteiger partial charge in [-0.25, -0.2) is 4.79 Å². The van der Waals surface area contributed by atoms with E-state index in [1.807, 2.05) is 0 Å². The van der Waals surface area contributed by atoms with Crippen LogP contribution in [0.2, 0.25) is 0 Å². The monoisotopic (exact) mass is 236 g/mol. The molecule has 0 saturated carbocycles. The molecule has 0 amide bonds. The molecule has 5 heteroatoms. The summed E-state index contributed by atoms with van der Waals surface area (Å²) < 4.78 is 0. The van der Waals surface area contributed by atoms with Crippen molar-refractivity contribution in [3.63, 3.8) is 0 Å². The average molecular weight is 237 g/mol. The lowest BCUT2D eigenvalue weighted by Gasteiger charge is -1.95. The van der Waals surface area contributed by atoms with Crippen LogP contribution in [0.15, 0.2) is 24.3 Å². The van der Waals surface area contributed by atoms with Crippen LogP contribution >= 0.6 is 23.2 Å². The van der Waals surface area contributed by atoms with E-state index >= 15 is 0 Å². The highest BCUT2D eigenvalue weighted by Crippen LogP contribution is 2.14. The fourth-order valence-corrected chi connectivity index (χ4v) is 0.654. The molecule has 1 aromatic carbocycles. The zero-order chi connectivity index (χ0) is 11.1. The van der Waals surface area contributed by atoms with Crippen LogP contribution < -0.4 is 0 Å². The first-order chi connectivity index (χ1) is 6.45. The highest BCUT2D eigenvalue weighted by atomic mass is 35.5. The Morgan fingerprint density at radius 3 is 2.07 bits per heavy atom. The van der Waals surface area contributed by atoms with E-state index in [-0.39, 0.29) is 16.1 Å². The van der Waals surface area contributed by atoms with Gasteiger partial charge >= 0.3 is 5.97 Å². The van der Waals surface area contributed by atoms with Crippen molar-refractivity contribution in [3.8, 4) is 5.75 Å². The number of aromatic carboxylic acids is 1. The third kappa shape index (κ3) is 5.67. The molecule has 1 aromatic rings. The molecule has 3 nitrogen and oxygen atoms in total. The van der Waals surface area contributed by atoms with Crippen molar-refractivity contribution in [2.75, 3.05) is 0 Å². The zero-order valence-electron chi connectivity index (χ0n) is 7.45. The Morgan fingerprint density at radius 1 is 1.36 bits per heavy atom. The van der Waals surface area contributed by atoms with Crippen LogP contribution in [-0.2, 0) is 0 Å². The molecule has 0 saturated heterocycles. The van der Waals surface area contributed by atoms with E-state index in [0.29, 0.717) is 0 Å². The van der Waals surface area contributed by atoms with E-state index < -0.39 is 5.97 Å². The average Bonchev–Trinajstić information content (AvgIpc) is 2.03. The van der Waals surface area contributed by atoms with Gasteiger partial charge in [-0.3, -0.25) is 0 Å². The molecule has 0 radical (unpaired) electrons. The summed E-state index contributed by atoms with van der Waals surface area (Å²) in [6, 6.07) is 5.81. The number of benzene rings is 1. The topological polar surface area (TPSA) is 57.5 Å². The number of rotatable bonds is 1. The van der Waals surface area contributed by atoms with Crippen molar-refractivity contribution in [1.29, 1.82) is 0 Å². The number of para-hydroxylation sites is 1. The first-order valence-electron chi connectivity index (χ1n) is 3.74. The van der Waals surface area contributed by atoms with Crippen LogP contribution in [0.3, 0.4) is 0 Å². The van der Waals surface area contributed by atoms with Crippen LogP contribution in [0.5, 0.6) is 5.75 Å². The lowest BCUT2D eigenvalue weighted by molar-refractivity contribution is 0.0694. The molecule has 0 aliphatic carbocycles. The summed E-state index contributed by atoms with van der Waals surface area (Å²) in [5.41, 5.74) is -0.0671. The fraction of sp³-hybridized carbons (Fsp3) is 0.222. The summed E-state index contributed by atoms with van der Waals surface area (Å²) >= 11 is 10.1. The lowest BCUT2D eigenvalue weighted by atomic mass is 10.2. The molecule has 0 atom stereocenters. The quantitative estimate of drug-likeness (QED) is 0.738. The number of phenols is 1. The van der Waals surface area contributed by atoms with Gasteiger partial charge in [-0.15, -0.1) is 23.2 Å². The predicted molar refractivity (Wildman–Crippen MR) is 56.2 cm³/mol. The number of hydrogen-bond acceptors (Lipinski definition) is 2. The van der Waals surface area contributed by atoms with Gasteiger partial charge in [-0.05, 0) is 19.1 Å². The number of carboxylic acid groups (broad SMARTS) is 1. The summed E-state index contributed by atoms with van der Waals surface area (Å²) in [4.78, 5) is 10.0. The molecule has 0 aromatic heterocycles. The van der Waals surface area contributed by atoms with Crippen LogP contribution in [0.25, 0.3) is 0 Å². The van der Waals surface area contributed by atoms with Crippen molar-refractivity contribution in [2.24, 2.45) is 0 Å². The van der Waals surface area contributed by atoms with Crippen molar-refractivity contribution in [2.45, 2.75) is 11.8 Å². The summed E-state index contributed by atoms with van der Waals surface area (Å²) in [5.74, 6) is -1.31. The summed E-state index contributed by atoms with van der Waals surface area (Å²) in [6.45, 7) is 1.70. The highest BCUT2D eigenvalue weighted by Gasteiger charge is 2.05. The van der Waals surface area contributed by atoms with Gasteiger partial charge in [0.15, 0.2) is 0 Å². The summed E-state index contributed by atoms with van der Waals surface area (Å²) in [6.07, 6.45) is 0. The van der Waals surface area contributed by atoms with Crippen molar-refractivity contribution < 1.29 is 15.0 Å². The fourth-order valence-electron chi connectivity index (χ4n) is 0.654. The number of alkyl halides is 2. The predicted octanol–water partition coefficient (Wildman–Crippen LogP) is 2.90. The molecule has 0 heterocycles. The van der Waals surface area contributed by atoms with E-state index in [4.69, 9.17) is 33.4 Å². The molecular formula is C9H10Cl2O3. The first-order valence-corrected chi connectivity index (χ1v) is 4.62. The first kappa shape index (κ1) is 13.1. The number of carbonyl (C=O) groups is 1.